The van der Waals surface area contributed by atoms with Gasteiger partial charge in [-0.05, 0) is 24.8 Å². The van der Waals surface area contributed by atoms with E-state index in [-0.39, 0.29) is 17.0 Å². The summed E-state index contributed by atoms with van der Waals surface area (Å²) in [4.78, 5) is 0. The van der Waals surface area contributed by atoms with Gasteiger partial charge in [0.1, 0.15) is 0 Å². The Balaban J connectivity index is 0.00000529. The maximum atomic E-state index is 2.37. The van der Waals surface area contributed by atoms with Crippen molar-refractivity contribution in [2.45, 2.75) is 84.7 Å². The number of hydrogen-bond acceptors (Lipinski definition) is 0. The Bertz CT molecular complexity index is 350. The number of halogens is 1. The zero-order chi connectivity index (χ0) is 16.8. The van der Waals surface area contributed by atoms with Gasteiger partial charge in [0, 0.05) is 7.26 Å². The van der Waals surface area contributed by atoms with Crippen molar-refractivity contribution < 1.29 is 17.0 Å². The van der Waals surface area contributed by atoms with Gasteiger partial charge in [-0.15, -0.1) is 0 Å². The topological polar surface area (TPSA) is 0 Å². The average Bonchev–Trinajstić information content (AvgIpc) is 2.56. The van der Waals surface area contributed by atoms with E-state index in [0.717, 1.165) is 0 Å². The molecule has 0 aliphatic heterocycles. The van der Waals surface area contributed by atoms with Gasteiger partial charge in [0.25, 0.3) is 0 Å². The molecule has 24 heavy (non-hydrogen) atoms. The molecule has 1 rings (SSSR count). The number of rotatable bonds is 14. The molecule has 0 N–H and O–H groups in total. The van der Waals surface area contributed by atoms with E-state index in [9.17, 15) is 0 Å². The third-order valence-corrected chi connectivity index (χ3v) is 9.90. The van der Waals surface area contributed by atoms with Gasteiger partial charge in [0.05, 0.1) is 24.6 Å². The first-order valence-corrected chi connectivity index (χ1v) is 12.7. The van der Waals surface area contributed by atoms with E-state index in [0.29, 0.717) is 0 Å². The molecule has 0 saturated heterocycles. The van der Waals surface area contributed by atoms with Crippen LogP contribution in [0.2, 0.25) is 0 Å². The van der Waals surface area contributed by atoms with E-state index in [4.69, 9.17) is 0 Å². The zero-order valence-corrected chi connectivity index (χ0v) is 18.9. The fraction of sp³-hybridized carbons (Fsp3) is 0.727. The smallest absolute Gasteiger partial charge is 0.0842 e. The molecule has 1 aromatic carbocycles. The SMILES string of the molecule is CCCCC[P+](CCCCC)(CCCCC)Cc1ccccc1.[Br-]. The third-order valence-electron chi connectivity index (χ3n) is 5.07. The number of benzene rings is 1. The van der Waals surface area contributed by atoms with Crippen molar-refractivity contribution in [3.05, 3.63) is 35.9 Å². The van der Waals surface area contributed by atoms with E-state index in [1.807, 2.05) is 0 Å². The summed E-state index contributed by atoms with van der Waals surface area (Å²) in [6, 6.07) is 11.4. The molecule has 0 atom stereocenters. The van der Waals surface area contributed by atoms with E-state index in [1.54, 1.807) is 24.0 Å². The second kappa shape index (κ2) is 15.4. The molecule has 1 aromatic rings. The van der Waals surface area contributed by atoms with E-state index < -0.39 is 7.26 Å². The van der Waals surface area contributed by atoms with Crippen molar-refractivity contribution in [3.63, 3.8) is 0 Å². The summed E-state index contributed by atoms with van der Waals surface area (Å²) in [5, 5.41) is 0. The minimum absolute atomic E-state index is 0. The Morgan fingerprint density at radius 2 is 1.04 bits per heavy atom. The second-order valence-corrected chi connectivity index (χ2v) is 11.6. The molecule has 0 fully saturated rings. The predicted octanol–water partition coefficient (Wildman–Crippen LogP) is 4.78. The van der Waals surface area contributed by atoms with Crippen molar-refractivity contribution in [1.82, 2.24) is 0 Å². The highest BCUT2D eigenvalue weighted by Crippen LogP contribution is 2.63. The second-order valence-electron chi connectivity index (χ2n) is 7.28. The summed E-state index contributed by atoms with van der Waals surface area (Å²) in [6.07, 6.45) is 18.8. The normalized spacial score (nSPS) is 11.3. The van der Waals surface area contributed by atoms with Crippen molar-refractivity contribution in [3.8, 4) is 0 Å². The van der Waals surface area contributed by atoms with Gasteiger partial charge < -0.3 is 17.0 Å². The van der Waals surface area contributed by atoms with Gasteiger partial charge in [-0.25, -0.2) is 0 Å². The zero-order valence-electron chi connectivity index (χ0n) is 16.4. The van der Waals surface area contributed by atoms with Crippen LogP contribution in [-0.4, -0.2) is 18.5 Å². The first-order chi connectivity index (χ1) is 11.3. The van der Waals surface area contributed by atoms with Crippen molar-refractivity contribution in [1.29, 1.82) is 0 Å². The molecule has 0 spiro atoms. The Labute approximate surface area is 163 Å². The Morgan fingerprint density at radius 1 is 0.625 bits per heavy atom. The molecule has 0 aromatic heterocycles. The highest BCUT2D eigenvalue weighted by atomic mass is 79.9. The van der Waals surface area contributed by atoms with Crippen LogP contribution < -0.4 is 17.0 Å². The molecule has 0 saturated carbocycles. The van der Waals surface area contributed by atoms with Crippen LogP contribution in [0.15, 0.2) is 30.3 Å². The lowest BCUT2D eigenvalue weighted by Crippen LogP contribution is -3.00. The molecule has 0 radical (unpaired) electrons. The minimum Gasteiger partial charge on any atom is -1.00 e. The molecule has 0 unspecified atom stereocenters. The van der Waals surface area contributed by atoms with Gasteiger partial charge >= 0.3 is 0 Å². The lowest BCUT2D eigenvalue weighted by Gasteiger charge is -2.28. The van der Waals surface area contributed by atoms with Crippen LogP contribution in [0.25, 0.3) is 0 Å². The molecule has 0 amide bonds. The molecule has 140 valence electrons. The molecule has 0 aliphatic carbocycles. The van der Waals surface area contributed by atoms with Crippen molar-refractivity contribution in [2.75, 3.05) is 18.5 Å². The summed E-state index contributed by atoms with van der Waals surface area (Å²) in [5.41, 5.74) is 1.60. The highest BCUT2D eigenvalue weighted by Gasteiger charge is 2.35. The first kappa shape index (κ1) is 24.1. The monoisotopic (exact) mass is 414 g/mol. The van der Waals surface area contributed by atoms with Crippen LogP contribution in [-0.2, 0) is 6.16 Å². The molecule has 0 bridgehead atoms. The van der Waals surface area contributed by atoms with Crippen LogP contribution in [0, 0.1) is 0 Å². The van der Waals surface area contributed by atoms with Crippen molar-refractivity contribution in [2.24, 2.45) is 0 Å². The Morgan fingerprint density at radius 3 is 1.42 bits per heavy atom. The average molecular weight is 415 g/mol. The van der Waals surface area contributed by atoms with Crippen LogP contribution >= 0.6 is 7.26 Å². The first-order valence-electron chi connectivity index (χ1n) is 10.2. The molecular weight excluding hydrogens is 375 g/mol. The summed E-state index contributed by atoms with van der Waals surface area (Å²) in [6.45, 7) is 7.02. The molecule has 0 aliphatic rings. The van der Waals surface area contributed by atoms with Gasteiger partial charge in [-0.2, -0.15) is 0 Å². The van der Waals surface area contributed by atoms with Crippen LogP contribution in [0.3, 0.4) is 0 Å². The molecule has 0 nitrogen and oxygen atoms in total. The molecule has 2 heteroatoms. The van der Waals surface area contributed by atoms with Gasteiger partial charge in [-0.3, -0.25) is 0 Å². The van der Waals surface area contributed by atoms with Crippen molar-refractivity contribution >= 4 is 7.26 Å². The maximum Gasteiger partial charge on any atom is 0.0842 e. The Kier molecular flexibility index (Phi) is 15.5. The van der Waals surface area contributed by atoms with Gasteiger partial charge in [0.15, 0.2) is 0 Å². The maximum absolute atomic E-state index is 2.37. The number of unbranched alkanes of at least 4 members (excludes halogenated alkanes) is 6. The summed E-state index contributed by atoms with van der Waals surface area (Å²) < 4.78 is 0. The van der Waals surface area contributed by atoms with E-state index in [1.165, 1.54) is 63.9 Å². The lowest BCUT2D eigenvalue weighted by molar-refractivity contribution is -0.00000520. The number of hydrogen-bond donors (Lipinski definition) is 0. The van der Waals surface area contributed by atoms with E-state index in [2.05, 4.69) is 51.1 Å². The fourth-order valence-electron chi connectivity index (χ4n) is 3.63. The largest absolute Gasteiger partial charge is 1.00 e. The fourth-order valence-corrected chi connectivity index (χ4v) is 8.45. The minimum atomic E-state index is -0.807. The lowest BCUT2D eigenvalue weighted by atomic mass is 10.2. The van der Waals surface area contributed by atoms with Gasteiger partial charge in [-0.1, -0.05) is 89.6 Å². The third kappa shape index (κ3) is 10.2. The summed E-state index contributed by atoms with van der Waals surface area (Å²) in [7, 11) is -0.807. The van der Waals surface area contributed by atoms with E-state index >= 15 is 0 Å². The quantitative estimate of drug-likeness (QED) is 0.303. The summed E-state index contributed by atoms with van der Waals surface area (Å²) in [5.74, 6) is 0. The molecular formula is C22H40BrP. The highest BCUT2D eigenvalue weighted by molar-refractivity contribution is 7.75. The molecule has 0 heterocycles. The predicted molar refractivity (Wildman–Crippen MR) is 110 cm³/mol. The van der Waals surface area contributed by atoms with Crippen LogP contribution in [0.4, 0.5) is 0 Å². The van der Waals surface area contributed by atoms with Crippen LogP contribution in [0.5, 0.6) is 0 Å². The van der Waals surface area contributed by atoms with Gasteiger partial charge in [0.2, 0.25) is 0 Å². The summed E-state index contributed by atoms with van der Waals surface area (Å²) >= 11 is 0. The van der Waals surface area contributed by atoms with Crippen LogP contribution in [0.1, 0.15) is 84.1 Å². The Hall–Kier alpha value is 0.130. The standard InChI is InChI=1S/C22H40P.BrH/c1-4-7-13-18-23(19-14-8-5-2,20-15-9-6-3)21-22-16-11-10-12-17-22;/h10-12,16-17H,4-9,13-15,18-21H2,1-3H3;1H/q+1;/p-1.